The number of amides is 1. The summed E-state index contributed by atoms with van der Waals surface area (Å²) >= 11 is 1.45. The second-order valence-corrected chi connectivity index (χ2v) is 6.46. The number of benzene rings is 2. The fraction of sp³-hybridized carbons (Fsp3) is 0.278. The minimum absolute atomic E-state index is 0.0604. The van der Waals surface area contributed by atoms with Crippen molar-refractivity contribution in [3.05, 3.63) is 65.2 Å². The molecule has 0 aliphatic carbocycles. The third kappa shape index (κ3) is 4.61. The highest BCUT2D eigenvalue weighted by Gasteiger charge is 2.21. The molecule has 0 radical (unpaired) electrons. The maximum Gasteiger partial charge on any atom is 0.241 e. The topological polar surface area (TPSA) is 49.3 Å². The highest BCUT2D eigenvalue weighted by molar-refractivity contribution is 8.00. The molecule has 0 unspecified atom stereocenters. The average Bonchev–Trinajstić information content (AvgIpc) is 2.47. The molecule has 0 saturated carbocycles. The molecule has 2 aromatic rings. The Labute approximate surface area is 135 Å². The Kier molecular flexibility index (Phi) is 6.04. The summed E-state index contributed by atoms with van der Waals surface area (Å²) in [6.07, 6.45) is 0. The molecule has 2 rings (SSSR count). The average molecular weight is 315 g/mol. The van der Waals surface area contributed by atoms with E-state index in [-0.39, 0.29) is 17.8 Å². The molecular weight excluding hydrogens is 294 g/mol. The van der Waals surface area contributed by atoms with Gasteiger partial charge in [-0.1, -0.05) is 36.4 Å². The Hall–Kier alpha value is -1.78. The minimum Gasteiger partial charge on any atom is -0.396 e. The minimum atomic E-state index is -0.325. The molecule has 0 fully saturated rings. The second-order valence-electron chi connectivity index (χ2n) is 5.25. The van der Waals surface area contributed by atoms with Crippen molar-refractivity contribution in [2.75, 3.05) is 17.7 Å². The number of hydrogen-bond donors (Lipinski definition) is 2. The van der Waals surface area contributed by atoms with E-state index in [1.54, 1.807) is 0 Å². The zero-order valence-electron chi connectivity index (χ0n) is 12.9. The number of carbonyl (C=O) groups is 1. The molecule has 0 aliphatic rings. The molecule has 4 heteroatoms. The molecule has 22 heavy (non-hydrogen) atoms. The summed E-state index contributed by atoms with van der Waals surface area (Å²) in [6.45, 7) is 4.08. The van der Waals surface area contributed by atoms with Crippen molar-refractivity contribution in [3.8, 4) is 0 Å². The van der Waals surface area contributed by atoms with Crippen LogP contribution in [0.1, 0.15) is 21.9 Å². The van der Waals surface area contributed by atoms with Crippen molar-refractivity contribution < 1.29 is 9.90 Å². The first-order chi connectivity index (χ1) is 10.6. The van der Waals surface area contributed by atoms with Gasteiger partial charge in [-0.3, -0.25) is 4.79 Å². The first kappa shape index (κ1) is 16.6. The summed E-state index contributed by atoms with van der Waals surface area (Å²) in [5.41, 5.74) is 4.00. The number of carbonyl (C=O) groups excluding carboxylic acids is 1. The second kappa shape index (κ2) is 8.01. The largest absolute Gasteiger partial charge is 0.396 e. The summed E-state index contributed by atoms with van der Waals surface area (Å²) in [4.78, 5) is 12.6. The van der Waals surface area contributed by atoms with Crippen LogP contribution in [0.3, 0.4) is 0 Å². The first-order valence-corrected chi connectivity index (χ1v) is 8.31. The van der Waals surface area contributed by atoms with Crippen molar-refractivity contribution in [2.45, 2.75) is 19.1 Å². The fourth-order valence-electron chi connectivity index (χ4n) is 2.38. The molecule has 1 atom stereocenters. The molecule has 0 aliphatic heterocycles. The van der Waals surface area contributed by atoms with Crippen LogP contribution in [0.4, 0.5) is 5.69 Å². The van der Waals surface area contributed by atoms with E-state index in [4.69, 9.17) is 5.11 Å². The van der Waals surface area contributed by atoms with Crippen LogP contribution in [-0.2, 0) is 4.79 Å². The van der Waals surface area contributed by atoms with E-state index in [1.165, 1.54) is 11.8 Å². The van der Waals surface area contributed by atoms with Gasteiger partial charge >= 0.3 is 0 Å². The van der Waals surface area contributed by atoms with Crippen LogP contribution in [0.2, 0.25) is 0 Å². The van der Waals surface area contributed by atoms with Gasteiger partial charge in [-0.05, 0) is 42.7 Å². The van der Waals surface area contributed by atoms with Gasteiger partial charge in [0.2, 0.25) is 5.91 Å². The van der Waals surface area contributed by atoms with Crippen molar-refractivity contribution in [1.29, 1.82) is 0 Å². The van der Waals surface area contributed by atoms with Gasteiger partial charge in [0.1, 0.15) is 5.25 Å². The quantitative estimate of drug-likeness (QED) is 0.854. The van der Waals surface area contributed by atoms with Crippen LogP contribution < -0.4 is 5.32 Å². The van der Waals surface area contributed by atoms with Crippen molar-refractivity contribution in [1.82, 2.24) is 0 Å². The Bertz CT molecular complexity index is 608. The van der Waals surface area contributed by atoms with E-state index in [0.29, 0.717) is 5.75 Å². The van der Waals surface area contributed by atoms with E-state index < -0.39 is 0 Å². The number of nitrogens with one attached hydrogen (secondary N) is 1. The van der Waals surface area contributed by atoms with Gasteiger partial charge in [-0.25, -0.2) is 0 Å². The molecular formula is C18H21NO2S. The van der Waals surface area contributed by atoms with Gasteiger partial charge in [-0.15, -0.1) is 11.8 Å². The molecule has 116 valence electrons. The van der Waals surface area contributed by atoms with Gasteiger partial charge in [0.05, 0.1) is 6.61 Å². The highest BCUT2D eigenvalue weighted by atomic mass is 32.2. The van der Waals surface area contributed by atoms with Gasteiger partial charge < -0.3 is 10.4 Å². The van der Waals surface area contributed by atoms with Gasteiger partial charge in [0.15, 0.2) is 0 Å². The fourth-order valence-corrected chi connectivity index (χ4v) is 3.28. The van der Waals surface area contributed by atoms with Crippen LogP contribution in [-0.4, -0.2) is 23.4 Å². The van der Waals surface area contributed by atoms with Gasteiger partial charge in [0.25, 0.3) is 0 Å². The Morgan fingerprint density at radius 1 is 1.14 bits per heavy atom. The summed E-state index contributed by atoms with van der Waals surface area (Å²) in [5, 5.41) is 11.7. The molecule has 0 bridgehead atoms. The highest BCUT2D eigenvalue weighted by Crippen LogP contribution is 2.30. The Balaban J connectivity index is 2.18. The lowest BCUT2D eigenvalue weighted by Gasteiger charge is -2.17. The SMILES string of the molecule is Cc1cc(C)cc(NC(=O)[C@@H](SCCO)c2ccccc2)c1. The van der Waals surface area contributed by atoms with Crippen LogP contribution >= 0.6 is 11.8 Å². The summed E-state index contributed by atoms with van der Waals surface area (Å²) in [5.74, 6) is 0.467. The number of aryl methyl sites for hydroxylation is 2. The van der Waals surface area contributed by atoms with E-state index in [0.717, 1.165) is 22.4 Å². The number of hydrogen-bond acceptors (Lipinski definition) is 3. The zero-order valence-corrected chi connectivity index (χ0v) is 13.7. The third-order valence-corrected chi connectivity index (χ3v) is 4.44. The van der Waals surface area contributed by atoms with Crippen molar-refractivity contribution >= 4 is 23.4 Å². The van der Waals surface area contributed by atoms with E-state index >= 15 is 0 Å². The van der Waals surface area contributed by atoms with Crippen LogP contribution in [0.15, 0.2) is 48.5 Å². The molecule has 3 nitrogen and oxygen atoms in total. The summed E-state index contributed by atoms with van der Waals surface area (Å²) in [7, 11) is 0. The molecule has 0 saturated heterocycles. The Morgan fingerprint density at radius 2 is 1.77 bits per heavy atom. The van der Waals surface area contributed by atoms with Crippen LogP contribution in [0, 0.1) is 13.8 Å². The van der Waals surface area contributed by atoms with Gasteiger partial charge in [0, 0.05) is 11.4 Å². The molecule has 1 amide bonds. The van der Waals surface area contributed by atoms with E-state index in [2.05, 4.69) is 11.4 Å². The lowest BCUT2D eigenvalue weighted by Crippen LogP contribution is -2.19. The van der Waals surface area contributed by atoms with Crippen molar-refractivity contribution in [2.24, 2.45) is 0 Å². The number of rotatable bonds is 6. The lowest BCUT2D eigenvalue weighted by molar-refractivity contribution is -0.115. The number of anilines is 1. The molecule has 0 aromatic heterocycles. The van der Waals surface area contributed by atoms with Crippen LogP contribution in [0.5, 0.6) is 0 Å². The normalized spacial score (nSPS) is 12.0. The zero-order chi connectivity index (χ0) is 15.9. The predicted octanol–water partition coefficient (Wildman–Crippen LogP) is 3.71. The van der Waals surface area contributed by atoms with Crippen molar-refractivity contribution in [3.63, 3.8) is 0 Å². The Morgan fingerprint density at radius 3 is 2.36 bits per heavy atom. The monoisotopic (exact) mass is 315 g/mol. The molecule has 2 N–H and O–H groups in total. The molecule has 0 spiro atoms. The van der Waals surface area contributed by atoms with E-state index in [1.807, 2.05) is 56.3 Å². The third-order valence-electron chi connectivity index (χ3n) is 3.21. The number of aliphatic hydroxyl groups is 1. The number of aliphatic hydroxyl groups excluding tert-OH is 1. The maximum absolute atomic E-state index is 12.6. The maximum atomic E-state index is 12.6. The summed E-state index contributed by atoms with van der Waals surface area (Å²) < 4.78 is 0. The molecule has 0 heterocycles. The predicted molar refractivity (Wildman–Crippen MR) is 93.3 cm³/mol. The van der Waals surface area contributed by atoms with Gasteiger partial charge in [-0.2, -0.15) is 0 Å². The number of thioether (sulfide) groups is 1. The lowest BCUT2D eigenvalue weighted by atomic mass is 10.1. The smallest absolute Gasteiger partial charge is 0.241 e. The standard InChI is InChI=1S/C18H21NO2S/c1-13-10-14(2)12-16(11-13)19-18(21)17(22-9-8-20)15-6-4-3-5-7-15/h3-7,10-12,17,20H,8-9H2,1-2H3,(H,19,21)/t17-/m0/s1. The van der Waals surface area contributed by atoms with Crippen LogP contribution in [0.25, 0.3) is 0 Å². The van der Waals surface area contributed by atoms with E-state index in [9.17, 15) is 4.79 Å². The first-order valence-electron chi connectivity index (χ1n) is 7.26. The summed E-state index contributed by atoms with van der Waals surface area (Å²) in [6, 6.07) is 15.7. The molecule has 2 aromatic carbocycles.